The van der Waals surface area contributed by atoms with Gasteiger partial charge in [0.15, 0.2) is 28.5 Å². The van der Waals surface area contributed by atoms with Crippen LogP contribution in [0.5, 0.6) is 34.5 Å². The first-order valence-electron chi connectivity index (χ1n) is 18.8. The predicted molar refractivity (Wildman–Crippen MR) is 203 cm³/mol. The van der Waals surface area contributed by atoms with E-state index < -0.39 is 47.1 Å². The van der Waals surface area contributed by atoms with E-state index in [1.807, 2.05) is 50.1 Å². The van der Waals surface area contributed by atoms with Crippen molar-refractivity contribution < 1.29 is 52.6 Å². The maximum absolute atomic E-state index is 14.8. The van der Waals surface area contributed by atoms with Crippen LogP contribution in [-0.2, 0) is 32.7 Å². The average Bonchev–Trinajstić information content (AvgIpc) is 3.82. The predicted octanol–water partition coefficient (Wildman–Crippen LogP) is 4.45. The molecule has 3 aromatic carbocycles. The number of benzene rings is 3. The van der Waals surface area contributed by atoms with E-state index in [2.05, 4.69) is 10.2 Å². The van der Waals surface area contributed by atoms with Crippen LogP contribution in [0.25, 0.3) is 11.0 Å². The number of phenolic OH excluding ortho intramolecular Hbond substituents is 1. The molecule has 7 atom stereocenters. The number of methoxy groups -OCH3 is 2. The van der Waals surface area contributed by atoms with E-state index in [1.165, 1.54) is 18.7 Å². The summed E-state index contributed by atoms with van der Waals surface area (Å²) in [5.41, 5.74) is 4.50. The van der Waals surface area contributed by atoms with Crippen LogP contribution < -0.4 is 29.0 Å². The fourth-order valence-electron chi connectivity index (χ4n) is 10.4. The lowest BCUT2D eigenvalue weighted by Crippen LogP contribution is -2.70. The van der Waals surface area contributed by atoms with E-state index in [4.69, 9.17) is 32.8 Å². The highest BCUT2D eigenvalue weighted by atomic mass is 32.2. The number of phenols is 1. The molecular weight excluding hydrogens is 743 g/mol. The Bertz CT molecular complexity index is 2360. The topological polar surface area (TPSA) is 162 Å². The van der Waals surface area contributed by atoms with Crippen LogP contribution in [0.15, 0.2) is 28.7 Å². The molecule has 4 bridgehead atoms. The summed E-state index contributed by atoms with van der Waals surface area (Å²) in [4.78, 5) is 31.9. The standard InChI is InChI=1S/C41H43N3O11S/c1-17-11-20-12-24-39(47)44-25-14-51-40(48)41(38-22(9-10-42-41)23-13-21(49-5)7-8-26(23)55-38)15-56-37(31(44)30(43(24)4)27(20)32(46)33(17)50-6)29-28(25)36-35(52-16-53-36)18(2)34(29)54-19(3)45/h7-8,11,13,24-25,30-31,37,39,42,46-47H,9-10,12,14-16H2,1-6H3/t24-,25-,30+,31+,37+,39-,41+/m0/s1. The third-order valence-electron chi connectivity index (χ3n) is 12.8. The van der Waals surface area contributed by atoms with E-state index >= 15 is 0 Å². The summed E-state index contributed by atoms with van der Waals surface area (Å²) >= 11 is 1.49. The number of rotatable bonds is 3. The van der Waals surface area contributed by atoms with Crippen LogP contribution in [-0.4, -0.2) is 97.2 Å². The first kappa shape index (κ1) is 35.7. The molecule has 15 heteroatoms. The number of hydrogen-bond acceptors (Lipinski definition) is 15. The van der Waals surface area contributed by atoms with Crippen LogP contribution in [0.2, 0.25) is 0 Å². The van der Waals surface area contributed by atoms with Crippen molar-refractivity contribution in [1.82, 2.24) is 15.1 Å². The van der Waals surface area contributed by atoms with Crippen molar-refractivity contribution >= 4 is 34.7 Å². The second-order valence-electron chi connectivity index (χ2n) is 15.5. The number of aliphatic hydroxyl groups is 1. The molecule has 1 aromatic heterocycles. The summed E-state index contributed by atoms with van der Waals surface area (Å²) < 4.78 is 42.7. The molecule has 0 radical (unpaired) electrons. The third kappa shape index (κ3) is 4.71. The minimum atomic E-state index is -1.39. The Hall–Kier alpha value is -4.67. The summed E-state index contributed by atoms with van der Waals surface area (Å²) in [6, 6.07) is 5.46. The Balaban J connectivity index is 1.23. The number of piperazine rings is 1. The molecule has 8 heterocycles. The van der Waals surface area contributed by atoms with Crippen LogP contribution in [0.1, 0.15) is 69.0 Å². The van der Waals surface area contributed by atoms with Gasteiger partial charge in [-0.2, -0.15) is 0 Å². The van der Waals surface area contributed by atoms with Crippen LogP contribution >= 0.6 is 11.8 Å². The van der Waals surface area contributed by atoms with Crippen molar-refractivity contribution in [2.24, 2.45) is 0 Å². The van der Waals surface area contributed by atoms with E-state index in [0.717, 1.165) is 22.1 Å². The van der Waals surface area contributed by atoms with Crippen molar-refractivity contribution in [3.63, 3.8) is 0 Å². The molecule has 14 nitrogen and oxygen atoms in total. The highest BCUT2D eigenvalue weighted by Crippen LogP contribution is 2.64. The fraction of sp³-hybridized carbons (Fsp3) is 0.463. The summed E-state index contributed by atoms with van der Waals surface area (Å²) in [6.07, 6.45) is 0.0463. The number of nitrogens with zero attached hydrogens (tertiary/aromatic N) is 2. The third-order valence-corrected chi connectivity index (χ3v) is 14.2. The van der Waals surface area contributed by atoms with Gasteiger partial charge in [-0.05, 0) is 63.1 Å². The molecule has 2 fully saturated rings. The van der Waals surface area contributed by atoms with Crippen LogP contribution in [0.3, 0.4) is 0 Å². The second-order valence-corrected chi connectivity index (χ2v) is 16.7. The number of thioether (sulfide) groups is 1. The number of ether oxygens (including phenoxy) is 6. The largest absolute Gasteiger partial charge is 0.504 e. The van der Waals surface area contributed by atoms with Gasteiger partial charge in [-0.15, -0.1) is 11.8 Å². The number of hydrogen-bond donors (Lipinski definition) is 3. The Labute approximate surface area is 326 Å². The molecule has 294 valence electrons. The first-order chi connectivity index (χ1) is 27.0. The van der Waals surface area contributed by atoms with Gasteiger partial charge >= 0.3 is 11.9 Å². The van der Waals surface area contributed by atoms with Crippen molar-refractivity contribution in [3.8, 4) is 34.5 Å². The lowest BCUT2D eigenvalue weighted by molar-refractivity contribution is -0.186. The fourth-order valence-corrected chi connectivity index (χ4v) is 12.1. The zero-order chi connectivity index (χ0) is 38.9. The summed E-state index contributed by atoms with van der Waals surface area (Å²) in [5, 5.41) is 28.5. The smallest absolute Gasteiger partial charge is 0.335 e. The molecule has 2 saturated heterocycles. The maximum Gasteiger partial charge on any atom is 0.335 e. The number of carbonyl (C=O) groups is 2. The minimum Gasteiger partial charge on any atom is -0.504 e. The zero-order valence-corrected chi connectivity index (χ0v) is 32.7. The lowest BCUT2D eigenvalue weighted by atomic mass is 9.73. The number of fused-ring (bicyclic) bond motifs is 11. The molecule has 0 amide bonds. The van der Waals surface area contributed by atoms with E-state index in [9.17, 15) is 19.8 Å². The van der Waals surface area contributed by atoms with Gasteiger partial charge in [0.25, 0.3) is 0 Å². The molecule has 7 aliphatic rings. The number of carbonyl (C=O) groups excluding carboxylic acids is 2. The van der Waals surface area contributed by atoms with E-state index in [0.29, 0.717) is 81.7 Å². The number of furan rings is 1. The highest BCUT2D eigenvalue weighted by molar-refractivity contribution is 7.99. The first-order valence-corrected chi connectivity index (χ1v) is 19.9. The van der Waals surface area contributed by atoms with Gasteiger partial charge in [0, 0.05) is 58.5 Å². The van der Waals surface area contributed by atoms with Gasteiger partial charge in [0.1, 0.15) is 35.7 Å². The Kier molecular flexibility index (Phi) is 8.08. The van der Waals surface area contributed by atoms with Gasteiger partial charge in [0.05, 0.1) is 37.6 Å². The minimum absolute atomic E-state index is 0.0496. The SMILES string of the molecule is COc1ccc2oc3c(c2c1)CCN[C@]31CS[C@@H]2c3c(OC(C)=O)c(C)c4c(c3[C@H](COC1=O)N1[C@@H]2[C@H]2c3c(cc(C)c(OC)c3O)C[C@@H]([C@@H]1O)N2C)OCO4. The number of aliphatic hydroxyl groups excluding tert-OH is 1. The zero-order valence-electron chi connectivity index (χ0n) is 31.9. The molecule has 1 spiro atoms. The summed E-state index contributed by atoms with van der Waals surface area (Å²) in [5.74, 6) is 1.99. The Morgan fingerprint density at radius 3 is 2.62 bits per heavy atom. The van der Waals surface area contributed by atoms with Crippen LogP contribution in [0, 0.1) is 13.8 Å². The van der Waals surface area contributed by atoms with E-state index in [-0.39, 0.29) is 30.9 Å². The van der Waals surface area contributed by atoms with Crippen molar-refractivity contribution in [2.45, 2.75) is 74.8 Å². The van der Waals surface area contributed by atoms with Crippen molar-refractivity contribution in [3.05, 3.63) is 69.0 Å². The average molecular weight is 786 g/mol. The molecule has 0 aliphatic carbocycles. The van der Waals surface area contributed by atoms with Crippen molar-refractivity contribution in [1.29, 1.82) is 0 Å². The normalized spacial score (nSPS) is 28.9. The highest BCUT2D eigenvalue weighted by Gasteiger charge is 2.62. The van der Waals surface area contributed by atoms with Gasteiger partial charge in [-0.1, -0.05) is 6.07 Å². The quantitative estimate of drug-likeness (QED) is 0.197. The summed E-state index contributed by atoms with van der Waals surface area (Å²) in [6.45, 7) is 5.36. The van der Waals surface area contributed by atoms with Crippen molar-refractivity contribution in [2.75, 3.05) is 47.0 Å². The molecule has 4 aromatic rings. The number of aryl methyl sites for hydroxylation is 1. The molecule has 3 N–H and O–H groups in total. The molecular formula is C41H43N3O11S. The van der Waals surface area contributed by atoms with Gasteiger partial charge in [-0.25, -0.2) is 4.79 Å². The molecule has 0 unspecified atom stereocenters. The number of nitrogens with one attached hydrogen (secondary N) is 1. The number of esters is 2. The molecule has 11 rings (SSSR count). The van der Waals surface area contributed by atoms with Gasteiger partial charge < -0.3 is 43.1 Å². The molecule has 7 aliphatic heterocycles. The lowest BCUT2D eigenvalue weighted by Gasteiger charge is -2.62. The summed E-state index contributed by atoms with van der Waals surface area (Å²) in [7, 11) is 5.13. The second kappa shape index (κ2) is 12.7. The molecule has 0 saturated carbocycles. The van der Waals surface area contributed by atoms with Gasteiger partial charge in [0.2, 0.25) is 6.79 Å². The van der Waals surface area contributed by atoms with Crippen LogP contribution in [0.4, 0.5) is 0 Å². The Morgan fingerprint density at radius 2 is 1.86 bits per heavy atom. The monoisotopic (exact) mass is 785 g/mol. The van der Waals surface area contributed by atoms with E-state index in [1.54, 1.807) is 14.2 Å². The number of likely N-dealkylation sites (N-methyl/N-ethyl adjacent to an activating group) is 1. The maximum atomic E-state index is 14.8. The molecule has 56 heavy (non-hydrogen) atoms. The van der Waals surface area contributed by atoms with Gasteiger partial charge in [-0.3, -0.25) is 19.9 Å². The Morgan fingerprint density at radius 1 is 1.05 bits per heavy atom. The number of aromatic hydroxyl groups is 1.